The smallest absolute Gasteiger partial charge is 0.0663 e. The highest BCUT2D eigenvalue weighted by atomic mass is 15.1. The van der Waals surface area contributed by atoms with E-state index in [4.69, 9.17) is 0 Å². The van der Waals surface area contributed by atoms with Crippen LogP contribution in [0.15, 0.2) is 6.07 Å². The van der Waals surface area contributed by atoms with E-state index >= 15 is 0 Å². The number of fused-ring (bicyclic) bond motifs is 1. The second kappa shape index (κ2) is 4.54. The first-order valence-corrected chi connectivity index (χ1v) is 5.74. The van der Waals surface area contributed by atoms with Crippen LogP contribution in [0.25, 0.3) is 0 Å². The fraction of sp³-hybridized carbons (Fsp3) is 0.667. The van der Waals surface area contributed by atoms with Gasteiger partial charge in [0.2, 0.25) is 0 Å². The van der Waals surface area contributed by atoms with Gasteiger partial charge in [-0.3, -0.25) is 0 Å². The summed E-state index contributed by atoms with van der Waals surface area (Å²) in [7, 11) is 0. The molecule has 0 N–H and O–H groups in total. The third kappa shape index (κ3) is 2.11. The Morgan fingerprint density at radius 3 is 2.64 bits per heavy atom. The zero-order valence-corrected chi connectivity index (χ0v) is 8.92. The first-order chi connectivity index (χ1) is 6.90. The molecule has 0 bridgehead atoms. The van der Waals surface area contributed by atoms with Gasteiger partial charge in [-0.15, -0.1) is 0 Å². The van der Waals surface area contributed by atoms with Crippen LogP contribution in [0.5, 0.6) is 0 Å². The highest BCUT2D eigenvalue weighted by molar-refractivity contribution is 5.22. The van der Waals surface area contributed by atoms with Crippen LogP contribution in [0.2, 0.25) is 0 Å². The SMILES string of the molecule is CCc1cc2c(nn1)CCCCCC2. The quantitative estimate of drug-likeness (QED) is 0.680. The Hall–Kier alpha value is -0.920. The molecule has 0 atom stereocenters. The maximum absolute atomic E-state index is 4.34. The van der Waals surface area contributed by atoms with E-state index in [-0.39, 0.29) is 0 Å². The van der Waals surface area contributed by atoms with Crippen molar-refractivity contribution in [3.63, 3.8) is 0 Å². The Morgan fingerprint density at radius 2 is 1.86 bits per heavy atom. The predicted molar refractivity (Wildman–Crippen MR) is 57.3 cm³/mol. The van der Waals surface area contributed by atoms with E-state index in [1.54, 1.807) is 0 Å². The van der Waals surface area contributed by atoms with Crippen LogP contribution in [0.1, 0.15) is 49.6 Å². The van der Waals surface area contributed by atoms with E-state index < -0.39 is 0 Å². The highest BCUT2D eigenvalue weighted by Gasteiger charge is 2.09. The van der Waals surface area contributed by atoms with Crippen molar-refractivity contribution in [2.45, 2.75) is 51.9 Å². The van der Waals surface area contributed by atoms with Crippen molar-refractivity contribution in [1.29, 1.82) is 0 Å². The summed E-state index contributed by atoms with van der Waals surface area (Å²) in [6.45, 7) is 2.14. The predicted octanol–water partition coefficient (Wildman–Crippen LogP) is 2.70. The molecular formula is C12H18N2. The first kappa shape index (κ1) is 9.63. The molecule has 0 saturated carbocycles. The molecule has 0 amide bonds. The van der Waals surface area contributed by atoms with Crippen molar-refractivity contribution in [3.8, 4) is 0 Å². The Labute approximate surface area is 85.8 Å². The van der Waals surface area contributed by atoms with Crippen molar-refractivity contribution in [1.82, 2.24) is 10.2 Å². The van der Waals surface area contributed by atoms with Gasteiger partial charge in [0.25, 0.3) is 0 Å². The molecule has 0 spiro atoms. The van der Waals surface area contributed by atoms with Crippen LogP contribution in [-0.2, 0) is 19.3 Å². The van der Waals surface area contributed by atoms with Crippen LogP contribution in [-0.4, -0.2) is 10.2 Å². The van der Waals surface area contributed by atoms with E-state index in [9.17, 15) is 0 Å². The molecule has 76 valence electrons. The van der Waals surface area contributed by atoms with Gasteiger partial charge in [-0.05, 0) is 43.7 Å². The topological polar surface area (TPSA) is 25.8 Å². The van der Waals surface area contributed by atoms with Gasteiger partial charge >= 0.3 is 0 Å². The lowest BCUT2D eigenvalue weighted by atomic mass is 9.97. The molecule has 2 heteroatoms. The average Bonchev–Trinajstić information content (AvgIpc) is 2.18. The summed E-state index contributed by atoms with van der Waals surface area (Å²) in [6, 6.07) is 2.26. The van der Waals surface area contributed by atoms with Crippen molar-refractivity contribution < 1.29 is 0 Å². The van der Waals surface area contributed by atoms with Crippen molar-refractivity contribution >= 4 is 0 Å². The van der Waals surface area contributed by atoms with Crippen LogP contribution < -0.4 is 0 Å². The Kier molecular flexibility index (Phi) is 3.12. The largest absolute Gasteiger partial charge is 0.155 e. The van der Waals surface area contributed by atoms with E-state index in [1.807, 2.05) is 0 Å². The van der Waals surface area contributed by atoms with E-state index in [0.29, 0.717) is 0 Å². The lowest BCUT2D eigenvalue weighted by molar-refractivity contribution is 0.600. The molecule has 0 saturated heterocycles. The van der Waals surface area contributed by atoms with Gasteiger partial charge in [0.1, 0.15) is 0 Å². The summed E-state index contributed by atoms with van der Waals surface area (Å²) in [6.07, 6.45) is 8.68. The molecule has 0 unspecified atom stereocenters. The minimum Gasteiger partial charge on any atom is -0.155 e. The summed E-state index contributed by atoms with van der Waals surface area (Å²) in [4.78, 5) is 0. The van der Waals surface area contributed by atoms with E-state index in [2.05, 4.69) is 23.2 Å². The maximum atomic E-state index is 4.34. The molecule has 0 radical (unpaired) electrons. The van der Waals surface area contributed by atoms with Crippen LogP contribution in [0, 0.1) is 0 Å². The summed E-state index contributed by atoms with van der Waals surface area (Å²) in [5.41, 5.74) is 3.85. The normalized spacial score (nSPS) is 16.9. The summed E-state index contributed by atoms with van der Waals surface area (Å²) >= 11 is 0. The Balaban J connectivity index is 2.26. The minimum absolute atomic E-state index is 1.00. The molecular weight excluding hydrogens is 172 g/mol. The van der Waals surface area contributed by atoms with Gasteiger partial charge in [-0.1, -0.05) is 19.8 Å². The van der Waals surface area contributed by atoms with Gasteiger partial charge in [-0.2, -0.15) is 10.2 Å². The third-order valence-electron chi connectivity index (χ3n) is 2.98. The molecule has 1 aliphatic carbocycles. The van der Waals surface area contributed by atoms with Crippen LogP contribution in [0.4, 0.5) is 0 Å². The zero-order valence-electron chi connectivity index (χ0n) is 8.92. The second-order valence-corrected chi connectivity index (χ2v) is 4.08. The van der Waals surface area contributed by atoms with Gasteiger partial charge in [-0.25, -0.2) is 0 Å². The molecule has 1 heterocycles. The number of hydrogen-bond donors (Lipinski definition) is 0. The number of rotatable bonds is 1. The number of aryl methyl sites for hydroxylation is 3. The lowest BCUT2D eigenvalue weighted by Crippen LogP contribution is -2.06. The second-order valence-electron chi connectivity index (χ2n) is 4.08. The lowest BCUT2D eigenvalue weighted by Gasteiger charge is -2.12. The monoisotopic (exact) mass is 190 g/mol. The molecule has 14 heavy (non-hydrogen) atoms. The molecule has 1 aromatic heterocycles. The van der Waals surface area contributed by atoms with Crippen molar-refractivity contribution in [2.75, 3.05) is 0 Å². The molecule has 0 aromatic carbocycles. The molecule has 0 fully saturated rings. The van der Waals surface area contributed by atoms with Gasteiger partial charge < -0.3 is 0 Å². The van der Waals surface area contributed by atoms with E-state index in [0.717, 1.165) is 18.5 Å². The van der Waals surface area contributed by atoms with Gasteiger partial charge in [0.15, 0.2) is 0 Å². The Morgan fingerprint density at radius 1 is 1.07 bits per heavy atom. The fourth-order valence-electron chi connectivity index (χ4n) is 2.06. The summed E-state index contributed by atoms with van der Waals surface area (Å²) < 4.78 is 0. The third-order valence-corrected chi connectivity index (χ3v) is 2.98. The van der Waals surface area contributed by atoms with Gasteiger partial charge in [0, 0.05) is 0 Å². The molecule has 2 nitrogen and oxygen atoms in total. The van der Waals surface area contributed by atoms with Crippen molar-refractivity contribution in [3.05, 3.63) is 23.0 Å². The summed E-state index contributed by atoms with van der Waals surface area (Å²) in [5, 5.41) is 8.57. The highest BCUT2D eigenvalue weighted by Crippen LogP contribution is 2.18. The molecule has 1 aromatic rings. The summed E-state index contributed by atoms with van der Waals surface area (Å²) in [5.74, 6) is 0. The van der Waals surface area contributed by atoms with Gasteiger partial charge in [0.05, 0.1) is 11.4 Å². The maximum Gasteiger partial charge on any atom is 0.0663 e. The van der Waals surface area contributed by atoms with E-state index in [1.165, 1.54) is 43.4 Å². The van der Waals surface area contributed by atoms with Crippen molar-refractivity contribution in [2.24, 2.45) is 0 Å². The average molecular weight is 190 g/mol. The zero-order chi connectivity index (χ0) is 9.80. The first-order valence-electron chi connectivity index (χ1n) is 5.74. The number of aromatic nitrogens is 2. The fourth-order valence-corrected chi connectivity index (χ4v) is 2.06. The Bertz CT molecular complexity index is 307. The molecule has 0 aliphatic heterocycles. The number of hydrogen-bond acceptors (Lipinski definition) is 2. The minimum atomic E-state index is 1.00. The van der Waals surface area contributed by atoms with Crippen LogP contribution in [0.3, 0.4) is 0 Å². The standard InChI is InChI=1S/C12H18N2/c1-2-11-9-10-7-5-3-4-6-8-12(10)14-13-11/h9H,2-8H2,1H3. The molecule has 1 aliphatic rings. The molecule has 2 rings (SSSR count). The number of nitrogens with zero attached hydrogens (tertiary/aromatic N) is 2. The van der Waals surface area contributed by atoms with Crippen LogP contribution >= 0.6 is 0 Å².